The van der Waals surface area contributed by atoms with Crippen LogP contribution in [0.15, 0.2) is 22.7 Å². The van der Waals surface area contributed by atoms with Crippen LogP contribution in [0.2, 0.25) is 0 Å². The lowest BCUT2D eigenvalue weighted by Crippen LogP contribution is -2.32. The van der Waals surface area contributed by atoms with Crippen molar-refractivity contribution in [3.05, 3.63) is 28.2 Å². The van der Waals surface area contributed by atoms with Crippen molar-refractivity contribution < 1.29 is 0 Å². The lowest BCUT2D eigenvalue weighted by Gasteiger charge is -2.24. The minimum Gasteiger partial charge on any atom is -0.370 e. The largest absolute Gasteiger partial charge is 0.370 e. The molecule has 0 aliphatic carbocycles. The summed E-state index contributed by atoms with van der Waals surface area (Å²) >= 11 is 3.61. The molecule has 0 amide bonds. The number of nitrogens with zero attached hydrogens (tertiary/aromatic N) is 2. The molecule has 0 spiro atoms. The van der Waals surface area contributed by atoms with Crippen molar-refractivity contribution in [1.82, 2.24) is 10.2 Å². The van der Waals surface area contributed by atoms with Gasteiger partial charge < -0.3 is 15.1 Å². The number of hydrogen-bond donors (Lipinski definition) is 1. The van der Waals surface area contributed by atoms with Crippen molar-refractivity contribution in [2.45, 2.75) is 32.4 Å². The molecular formula is C16H26BrN3. The van der Waals surface area contributed by atoms with E-state index in [4.69, 9.17) is 0 Å². The summed E-state index contributed by atoms with van der Waals surface area (Å²) in [5.74, 6) is 0. The third-order valence-electron chi connectivity index (χ3n) is 4.02. The van der Waals surface area contributed by atoms with Crippen molar-refractivity contribution in [2.75, 3.05) is 38.6 Å². The fraction of sp³-hybridized carbons (Fsp3) is 0.625. The normalized spacial score (nSPS) is 19.1. The summed E-state index contributed by atoms with van der Waals surface area (Å²) in [7, 11) is 4.36. The van der Waals surface area contributed by atoms with Crippen molar-refractivity contribution in [3.63, 3.8) is 0 Å². The Kier molecular flexibility index (Phi) is 5.87. The second kappa shape index (κ2) is 7.43. The molecule has 4 heteroatoms. The maximum atomic E-state index is 3.61. The van der Waals surface area contributed by atoms with E-state index < -0.39 is 0 Å². The minimum absolute atomic E-state index is 0.672. The van der Waals surface area contributed by atoms with Crippen molar-refractivity contribution in [3.8, 4) is 0 Å². The van der Waals surface area contributed by atoms with E-state index in [-0.39, 0.29) is 0 Å². The third kappa shape index (κ3) is 3.96. The highest BCUT2D eigenvalue weighted by atomic mass is 79.9. The van der Waals surface area contributed by atoms with E-state index >= 15 is 0 Å². The van der Waals surface area contributed by atoms with Gasteiger partial charge in [-0.25, -0.2) is 0 Å². The van der Waals surface area contributed by atoms with Crippen molar-refractivity contribution >= 4 is 21.6 Å². The van der Waals surface area contributed by atoms with E-state index in [1.165, 1.54) is 28.6 Å². The van der Waals surface area contributed by atoms with Gasteiger partial charge >= 0.3 is 0 Å². The first-order chi connectivity index (χ1) is 9.61. The van der Waals surface area contributed by atoms with E-state index in [9.17, 15) is 0 Å². The van der Waals surface area contributed by atoms with E-state index in [2.05, 4.69) is 70.3 Å². The molecule has 0 aromatic heterocycles. The maximum Gasteiger partial charge on any atom is 0.0423 e. The van der Waals surface area contributed by atoms with Crippen LogP contribution in [0, 0.1) is 0 Å². The van der Waals surface area contributed by atoms with E-state index in [0.717, 1.165) is 26.2 Å². The molecule has 0 radical (unpaired) electrons. The van der Waals surface area contributed by atoms with Gasteiger partial charge in [0.2, 0.25) is 0 Å². The Bertz CT molecular complexity index is 434. The Morgan fingerprint density at radius 1 is 1.40 bits per heavy atom. The standard InChI is InChI=1S/C16H26BrN3/c1-4-8-18-11-13-5-6-14(17)10-16(13)20-9-7-15(12-20)19(2)3/h5-6,10,15,18H,4,7-9,11-12H2,1-3H3. The topological polar surface area (TPSA) is 18.5 Å². The van der Waals surface area contributed by atoms with E-state index in [0.29, 0.717) is 6.04 Å². The van der Waals surface area contributed by atoms with Crippen LogP contribution in [0.3, 0.4) is 0 Å². The Balaban J connectivity index is 2.11. The number of rotatable bonds is 6. The second-order valence-corrected chi connectivity index (χ2v) is 6.72. The Labute approximate surface area is 131 Å². The van der Waals surface area contributed by atoms with Gasteiger partial charge in [-0.15, -0.1) is 0 Å². The summed E-state index contributed by atoms with van der Waals surface area (Å²) < 4.78 is 1.17. The number of likely N-dealkylation sites (N-methyl/N-ethyl adjacent to an activating group) is 1. The summed E-state index contributed by atoms with van der Waals surface area (Å²) in [5, 5.41) is 3.52. The first-order valence-corrected chi connectivity index (χ1v) is 8.31. The van der Waals surface area contributed by atoms with Crippen LogP contribution in [0.25, 0.3) is 0 Å². The highest BCUT2D eigenvalue weighted by Gasteiger charge is 2.25. The summed E-state index contributed by atoms with van der Waals surface area (Å²) in [6.07, 6.45) is 2.43. The molecule has 2 rings (SSSR count). The Hall–Kier alpha value is -0.580. The molecule has 3 nitrogen and oxygen atoms in total. The zero-order chi connectivity index (χ0) is 14.5. The molecule has 1 aromatic carbocycles. The summed E-state index contributed by atoms with van der Waals surface area (Å²) in [4.78, 5) is 4.87. The summed E-state index contributed by atoms with van der Waals surface area (Å²) in [6, 6.07) is 7.32. The Morgan fingerprint density at radius 2 is 2.20 bits per heavy atom. The minimum atomic E-state index is 0.672. The van der Waals surface area contributed by atoms with Gasteiger partial charge in [-0.1, -0.05) is 28.9 Å². The molecular weight excluding hydrogens is 314 g/mol. The van der Waals surface area contributed by atoms with Crippen LogP contribution < -0.4 is 10.2 Å². The fourth-order valence-corrected chi connectivity index (χ4v) is 3.11. The van der Waals surface area contributed by atoms with Crippen LogP contribution in [-0.4, -0.2) is 44.7 Å². The second-order valence-electron chi connectivity index (χ2n) is 5.80. The monoisotopic (exact) mass is 339 g/mol. The first-order valence-electron chi connectivity index (χ1n) is 7.52. The van der Waals surface area contributed by atoms with Crippen molar-refractivity contribution in [2.24, 2.45) is 0 Å². The van der Waals surface area contributed by atoms with Gasteiger partial charge in [0.15, 0.2) is 0 Å². The van der Waals surface area contributed by atoms with Gasteiger partial charge in [0.25, 0.3) is 0 Å². The van der Waals surface area contributed by atoms with Crippen LogP contribution >= 0.6 is 15.9 Å². The molecule has 1 aliphatic rings. The number of anilines is 1. The highest BCUT2D eigenvalue weighted by Crippen LogP contribution is 2.29. The van der Waals surface area contributed by atoms with Crippen LogP contribution in [0.1, 0.15) is 25.3 Å². The zero-order valence-electron chi connectivity index (χ0n) is 12.8. The molecule has 0 bridgehead atoms. The average molecular weight is 340 g/mol. The number of hydrogen-bond acceptors (Lipinski definition) is 3. The molecule has 1 unspecified atom stereocenters. The van der Waals surface area contributed by atoms with Crippen LogP contribution in [0.4, 0.5) is 5.69 Å². The van der Waals surface area contributed by atoms with Gasteiger partial charge in [-0.3, -0.25) is 0 Å². The van der Waals surface area contributed by atoms with Gasteiger partial charge in [0.1, 0.15) is 0 Å². The third-order valence-corrected chi connectivity index (χ3v) is 4.52. The molecule has 1 heterocycles. The fourth-order valence-electron chi connectivity index (χ4n) is 2.76. The summed E-state index contributed by atoms with van der Waals surface area (Å²) in [6.45, 7) is 6.53. The molecule has 1 aliphatic heterocycles. The smallest absolute Gasteiger partial charge is 0.0423 e. The number of halogens is 1. The number of nitrogens with one attached hydrogen (secondary N) is 1. The maximum absolute atomic E-state index is 3.61. The molecule has 1 saturated heterocycles. The molecule has 0 saturated carbocycles. The highest BCUT2D eigenvalue weighted by molar-refractivity contribution is 9.10. The lowest BCUT2D eigenvalue weighted by atomic mass is 10.1. The molecule has 112 valence electrons. The Morgan fingerprint density at radius 3 is 2.85 bits per heavy atom. The summed E-state index contributed by atoms with van der Waals surface area (Å²) in [5.41, 5.74) is 2.79. The zero-order valence-corrected chi connectivity index (χ0v) is 14.4. The van der Waals surface area contributed by atoms with E-state index in [1.807, 2.05) is 0 Å². The first kappa shape index (κ1) is 15.8. The predicted octanol–water partition coefficient (Wildman–Crippen LogP) is 3.09. The quantitative estimate of drug-likeness (QED) is 0.803. The lowest BCUT2D eigenvalue weighted by molar-refractivity contribution is 0.315. The molecule has 1 fully saturated rings. The SMILES string of the molecule is CCCNCc1ccc(Br)cc1N1CCC(N(C)C)C1. The van der Waals surface area contributed by atoms with E-state index in [1.54, 1.807) is 0 Å². The molecule has 1 atom stereocenters. The molecule has 1 N–H and O–H groups in total. The van der Waals surface area contributed by atoms with Crippen LogP contribution in [0.5, 0.6) is 0 Å². The van der Waals surface area contributed by atoms with Gasteiger partial charge in [0.05, 0.1) is 0 Å². The van der Waals surface area contributed by atoms with Crippen molar-refractivity contribution in [1.29, 1.82) is 0 Å². The number of benzene rings is 1. The van der Waals surface area contributed by atoms with Gasteiger partial charge in [-0.05, 0) is 51.2 Å². The van der Waals surface area contributed by atoms with Gasteiger partial charge in [0, 0.05) is 35.8 Å². The van der Waals surface area contributed by atoms with Gasteiger partial charge in [-0.2, -0.15) is 0 Å². The molecule has 20 heavy (non-hydrogen) atoms. The average Bonchev–Trinajstić information content (AvgIpc) is 2.90. The molecule has 1 aromatic rings. The predicted molar refractivity (Wildman–Crippen MR) is 90.4 cm³/mol. The van der Waals surface area contributed by atoms with Crippen LogP contribution in [-0.2, 0) is 6.54 Å².